The minimum Gasteiger partial charge on any atom is -0.492 e. The van der Waals surface area contributed by atoms with Gasteiger partial charge in [-0.05, 0) is 58.3 Å². The van der Waals surface area contributed by atoms with Crippen LogP contribution in [0.15, 0.2) is 18.5 Å². The standard InChI is InChI=1S/C31H39BF2N6O5/c1-18(33)28(41)40-11-10-39(16-20(40)7-9-35)27-25-24(36-29(37-27)43-17-21-13-19(34)15-38(21)6)14-23(22-8-12-42-26(22)25)32-44-30(2,3)31(4,5)45-32/h14,19-21H,1,7-8,10-13,15-17H2,2-6H3/t19-,20+,21+/m1/s1. The molecule has 3 fully saturated rings. The number of nitriles is 1. The van der Waals surface area contributed by atoms with Gasteiger partial charge in [0.05, 0.1) is 47.2 Å². The molecule has 4 aliphatic rings. The molecule has 0 spiro atoms. The largest absolute Gasteiger partial charge is 0.495 e. The van der Waals surface area contributed by atoms with Crippen LogP contribution in [0, 0.1) is 11.3 Å². The highest BCUT2D eigenvalue weighted by atomic mass is 19.1. The lowest BCUT2D eigenvalue weighted by atomic mass is 9.74. The minimum absolute atomic E-state index is 0.000982. The average molecular weight is 624 g/mol. The van der Waals surface area contributed by atoms with Gasteiger partial charge in [0.15, 0.2) is 5.83 Å². The van der Waals surface area contributed by atoms with Crippen LogP contribution >= 0.6 is 0 Å². The summed E-state index contributed by atoms with van der Waals surface area (Å²) in [5, 5.41) is 10.2. The van der Waals surface area contributed by atoms with E-state index in [4.69, 9.17) is 28.8 Å². The maximum Gasteiger partial charge on any atom is 0.495 e. The SMILES string of the molecule is C=C(F)C(=O)N1CCN(c2nc(OC[C@@H]3C[C@@H](F)CN3C)nc3cc(B4OC(C)(C)C(C)(C)O4)c4c(c23)OCC4)C[C@@H]1CC#N. The van der Waals surface area contributed by atoms with Gasteiger partial charge in [-0.2, -0.15) is 15.2 Å². The van der Waals surface area contributed by atoms with Crippen molar-refractivity contribution >= 4 is 35.2 Å². The number of benzene rings is 1. The van der Waals surface area contributed by atoms with Crippen LogP contribution in [0.5, 0.6) is 11.8 Å². The quantitative estimate of drug-likeness (QED) is 0.337. The van der Waals surface area contributed by atoms with E-state index < -0.39 is 42.3 Å². The molecular weight excluding hydrogens is 585 g/mol. The van der Waals surface area contributed by atoms with Gasteiger partial charge >= 0.3 is 13.1 Å². The van der Waals surface area contributed by atoms with Crippen LogP contribution in [-0.4, -0.2) is 109 Å². The van der Waals surface area contributed by atoms with Crippen LogP contribution in [0.4, 0.5) is 14.6 Å². The molecule has 0 radical (unpaired) electrons. The van der Waals surface area contributed by atoms with E-state index >= 15 is 0 Å². The number of likely N-dealkylation sites (N-methyl/N-ethyl adjacent to an activating group) is 1. The molecule has 1 aromatic heterocycles. The highest BCUT2D eigenvalue weighted by Crippen LogP contribution is 2.42. The number of anilines is 1. The molecule has 0 aliphatic carbocycles. The molecular formula is C31H39BF2N6O5. The topological polar surface area (TPSA) is 113 Å². The summed E-state index contributed by atoms with van der Waals surface area (Å²) in [4.78, 5) is 27.4. The Kier molecular flexibility index (Phi) is 8.16. The second-order valence-electron chi connectivity index (χ2n) is 13.3. The molecule has 0 unspecified atom stereocenters. The minimum atomic E-state index is -1.07. The number of fused-ring (bicyclic) bond motifs is 3. The van der Waals surface area contributed by atoms with Gasteiger partial charge in [-0.25, -0.2) is 8.78 Å². The van der Waals surface area contributed by atoms with Gasteiger partial charge in [0.2, 0.25) is 0 Å². The van der Waals surface area contributed by atoms with Crippen LogP contribution in [0.3, 0.4) is 0 Å². The Hall–Kier alpha value is -3.54. The van der Waals surface area contributed by atoms with Crippen LogP contribution in [0.2, 0.25) is 0 Å². The molecule has 11 nitrogen and oxygen atoms in total. The zero-order valence-electron chi connectivity index (χ0n) is 26.4. The van der Waals surface area contributed by atoms with Gasteiger partial charge in [0, 0.05) is 38.6 Å². The lowest BCUT2D eigenvalue weighted by Gasteiger charge is -2.41. The van der Waals surface area contributed by atoms with E-state index in [2.05, 4.69) is 12.6 Å². The number of piperazine rings is 1. The number of likely N-dealkylation sites (tertiary alicyclic amines) is 1. The predicted octanol–water partition coefficient (Wildman–Crippen LogP) is 2.70. The molecule has 5 heterocycles. The zero-order chi connectivity index (χ0) is 32.3. The van der Waals surface area contributed by atoms with E-state index in [-0.39, 0.29) is 38.2 Å². The maximum absolute atomic E-state index is 14.1. The number of rotatable bonds is 7. The van der Waals surface area contributed by atoms with Crippen LogP contribution in [-0.2, 0) is 20.5 Å². The first-order valence-electron chi connectivity index (χ1n) is 15.4. The van der Waals surface area contributed by atoms with Crippen molar-refractivity contribution in [3.63, 3.8) is 0 Å². The lowest BCUT2D eigenvalue weighted by molar-refractivity contribution is -0.131. The molecule has 6 rings (SSSR count). The Balaban J connectivity index is 1.43. The van der Waals surface area contributed by atoms with Crippen molar-refractivity contribution in [2.75, 3.05) is 51.3 Å². The van der Waals surface area contributed by atoms with E-state index in [1.807, 2.05) is 50.6 Å². The number of hydrogen-bond donors (Lipinski definition) is 0. The van der Waals surface area contributed by atoms with Gasteiger partial charge in [-0.1, -0.05) is 6.58 Å². The van der Waals surface area contributed by atoms with E-state index in [0.29, 0.717) is 55.0 Å². The van der Waals surface area contributed by atoms with Crippen molar-refractivity contribution in [1.29, 1.82) is 5.26 Å². The van der Waals surface area contributed by atoms with Crippen molar-refractivity contribution in [2.24, 2.45) is 0 Å². The number of carbonyl (C=O) groups excluding carboxylic acids is 1. The third-order valence-electron chi connectivity index (χ3n) is 9.79. The van der Waals surface area contributed by atoms with Crippen molar-refractivity contribution in [2.45, 2.75) is 76.4 Å². The predicted molar refractivity (Wildman–Crippen MR) is 164 cm³/mol. The Morgan fingerprint density at radius 3 is 2.58 bits per heavy atom. The number of hydrogen-bond acceptors (Lipinski definition) is 10. The van der Waals surface area contributed by atoms with Gasteiger partial charge in [-0.3, -0.25) is 9.69 Å². The van der Waals surface area contributed by atoms with Crippen molar-refractivity contribution < 1.29 is 32.4 Å². The summed E-state index contributed by atoms with van der Waals surface area (Å²) in [6, 6.07) is 3.44. The molecule has 240 valence electrons. The lowest BCUT2D eigenvalue weighted by Crippen LogP contribution is -2.55. The third-order valence-corrected chi connectivity index (χ3v) is 9.79. The Morgan fingerprint density at radius 2 is 1.93 bits per heavy atom. The summed E-state index contributed by atoms with van der Waals surface area (Å²) < 4.78 is 53.2. The maximum atomic E-state index is 14.1. The molecule has 14 heteroatoms. The van der Waals surface area contributed by atoms with Gasteiger partial charge in [0.1, 0.15) is 24.3 Å². The molecule has 0 saturated carbocycles. The molecule has 0 N–H and O–H groups in total. The normalized spacial score (nSPS) is 25.7. The summed E-state index contributed by atoms with van der Waals surface area (Å²) in [6.07, 6.45) is 0.0749. The second kappa shape index (κ2) is 11.7. The van der Waals surface area contributed by atoms with Gasteiger partial charge in [-0.15, -0.1) is 0 Å². The summed E-state index contributed by atoms with van der Waals surface area (Å²) in [6.45, 7) is 12.9. The van der Waals surface area contributed by atoms with E-state index in [1.165, 1.54) is 4.90 Å². The summed E-state index contributed by atoms with van der Waals surface area (Å²) in [5.41, 5.74) is 1.21. The number of halogens is 2. The molecule has 3 saturated heterocycles. The summed E-state index contributed by atoms with van der Waals surface area (Å²) >= 11 is 0. The smallest absolute Gasteiger partial charge is 0.492 e. The molecule has 3 atom stereocenters. The fourth-order valence-electron chi connectivity index (χ4n) is 6.56. The Morgan fingerprint density at radius 1 is 1.20 bits per heavy atom. The van der Waals surface area contributed by atoms with E-state index in [9.17, 15) is 18.8 Å². The van der Waals surface area contributed by atoms with Crippen LogP contribution in [0.25, 0.3) is 10.9 Å². The first-order chi connectivity index (χ1) is 21.3. The summed E-state index contributed by atoms with van der Waals surface area (Å²) in [5.74, 6) is -0.745. The first kappa shape index (κ1) is 31.4. The van der Waals surface area contributed by atoms with Crippen molar-refractivity contribution in [3.8, 4) is 17.8 Å². The second-order valence-corrected chi connectivity index (χ2v) is 13.3. The average Bonchev–Trinajstić information content (AvgIpc) is 3.65. The number of amides is 1. The zero-order valence-corrected chi connectivity index (χ0v) is 26.4. The highest BCUT2D eigenvalue weighted by Gasteiger charge is 2.53. The Labute approximate surface area is 262 Å². The van der Waals surface area contributed by atoms with Gasteiger partial charge in [0.25, 0.3) is 5.91 Å². The van der Waals surface area contributed by atoms with Crippen molar-refractivity contribution in [1.82, 2.24) is 19.8 Å². The molecule has 4 aliphatic heterocycles. The summed E-state index contributed by atoms with van der Waals surface area (Å²) in [7, 11) is 1.22. The molecule has 45 heavy (non-hydrogen) atoms. The number of carbonyl (C=O) groups is 1. The van der Waals surface area contributed by atoms with E-state index in [1.54, 1.807) is 0 Å². The first-order valence-corrected chi connectivity index (χ1v) is 15.4. The molecule has 1 aromatic carbocycles. The van der Waals surface area contributed by atoms with Crippen molar-refractivity contribution in [3.05, 3.63) is 24.0 Å². The number of alkyl halides is 1. The molecule has 2 aromatic rings. The van der Waals surface area contributed by atoms with Crippen LogP contribution < -0.4 is 19.8 Å². The number of aromatic nitrogens is 2. The number of nitrogens with zero attached hydrogens (tertiary/aromatic N) is 6. The highest BCUT2D eigenvalue weighted by molar-refractivity contribution is 6.63. The third kappa shape index (κ3) is 5.70. The number of ether oxygens (including phenoxy) is 2. The fraction of sp³-hybridized carbons (Fsp3) is 0.613. The monoisotopic (exact) mass is 624 g/mol. The molecule has 1 amide bonds. The Bertz CT molecular complexity index is 1550. The van der Waals surface area contributed by atoms with Crippen LogP contribution in [0.1, 0.15) is 46.1 Å². The van der Waals surface area contributed by atoms with Gasteiger partial charge < -0.3 is 28.6 Å². The fourth-order valence-corrected chi connectivity index (χ4v) is 6.56. The molecule has 0 bridgehead atoms. The van der Waals surface area contributed by atoms with E-state index in [0.717, 1.165) is 11.0 Å².